The van der Waals surface area contributed by atoms with Gasteiger partial charge in [-0.05, 0) is 43.3 Å². The number of benzene rings is 2. The summed E-state index contributed by atoms with van der Waals surface area (Å²) in [5, 5.41) is 3.56. The molecule has 0 spiro atoms. The second-order valence-electron chi connectivity index (χ2n) is 5.86. The fourth-order valence-electron chi connectivity index (χ4n) is 2.56. The van der Waals surface area contributed by atoms with E-state index in [0.29, 0.717) is 17.9 Å². The Bertz CT molecular complexity index is 1000. The molecule has 0 aliphatic carbocycles. The number of amides is 1. The highest BCUT2D eigenvalue weighted by Gasteiger charge is 2.29. The van der Waals surface area contributed by atoms with Crippen LogP contribution in [-0.2, 0) is 0 Å². The van der Waals surface area contributed by atoms with E-state index in [1.807, 2.05) is 6.92 Å². The molecule has 1 amide bonds. The largest absolute Gasteiger partial charge is 0.494 e. The van der Waals surface area contributed by atoms with E-state index in [0.717, 1.165) is 5.39 Å². The van der Waals surface area contributed by atoms with E-state index < -0.39 is 18.7 Å². The van der Waals surface area contributed by atoms with E-state index in [1.165, 1.54) is 18.2 Å². The Labute approximate surface area is 163 Å². The smallest absolute Gasteiger partial charge is 0.422 e. The third-order valence-corrected chi connectivity index (χ3v) is 3.97. The molecule has 0 bridgehead atoms. The number of halogens is 4. The maximum absolute atomic E-state index is 12.6. The first kappa shape index (κ1) is 19.9. The number of aromatic amines is 1. The first-order valence-corrected chi connectivity index (χ1v) is 8.69. The molecule has 0 atom stereocenters. The molecule has 3 rings (SSSR count). The van der Waals surface area contributed by atoms with Gasteiger partial charge in [0.25, 0.3) is 5.91 Å². The summed E-state index contributed by atoms with van der Waals surface area (Å²) in [6.45, 7) is 0.889. The third-order valence-electron chi connectivity index (χ3n) is 3.73. The van der Waals surface area contributed by atoms with Gasteiger partial charge >= 0.3 is 6.18 Å². The molecular weight excluding hydrogens is 397 g/mol. The number of hydrogen-bond donors (Lipinski definition) is 2. The monoisotopic (exact) mass is 412 g/mol. The lowest BCUT2D eigenvalue weighted by Gasteiger charge is -2.14. The molecule has 1 aromatic heterocycles. The molecule has 3 aromatic rings. The van der Waals surface area contributed by atoms with Gasteiger partial charge in [0.1, 0.15) is 17.2 Å². The molecule has 0 saturated heterocycles. The van der Waals surface area contributed by atoms with Gasteiger partial charge in [0.15, 0.2) is 6.61 Å². The molecule has 0 radical (unpaired) electrons. The minimum absolute atomic E-state index is 0.0374. The predicted molar refractivity (Wildman–Crippen MR) is 100 cm³/mol. The average molecular weight is 413 g/mol. The minimum Gasteiger partial charge on any atom is -0.494 e. The van der Waals surface area contributed by atoms with Crippen LogP contribution in [0.15, 0.2) is 42.5 Å². The van der Waals surface area contributed by atoms with E-state index >= 15 is 0 Å². The predicted octanol–water partition coefficient (Wildman–Crippen LogP) is 5.41. The van der Waals surface area contributed by atoms with Crippen molar-refractivity contribution in [3.8, 4) is 11.5 Å². The summed E-state index contributed by atoms with van der Waals surface area (Å²) in [6, 6.07) is 10.9. The number of ether oxygens (including phenoxy) is 2. The Kier molecular flexibility index (Phi) is 5.69. The summed E-state index contributed by atoms with van der Waals surface area (Å²) in [5.74, 6) is -0.0282. The van der Waals surface area contributed by atoms with Gasteiger partial charge in [-0.15, -0.1) is 0 Å². The molecule has 0 fully saturated rings. The summed E-state index contributed by atoms with van der Waals surface area (Å²) < 4.78 is 47.5. The number of carbonyl (C=O) groups excluding carboxylic acids is 1. The van der Waals surface area contributed by atoms with Gasteiger partial charge < -0.3 is 19.8 Å². The van der Waals surface area contributed by atoms with Gasteiger partial charge in [0, 0.05) is 22.0 Å². The zero-order valence-corrected chi connectivity index (χ0v) is 15.4. The Morgan fingerprint density at radius 3 is 2.64 bits per heavy atom. The Balaban J connectivity index is 1.82. The lowest BCUT2D eigenvalue weighted by atomic mass is 10.2. The molecular formula is C19H16ClF3N2O3. The molecule has 5 nitrogen and oxygen atoms in total. The van der Waals surface area contributed by atoms with Crippen LogP contribution in [0.3, 0.4) is 0 Å². The van der Waals surface area contributed by atoms with Crippen LogP contribution in [-0.4, -0.2) is 30.3 Å². The van der Waals surface area contributed by atoms with Crippen LogP contribution in [0.1, 0.15) is 17.4 Å². The average Bonchev–Trinajstić information content (AvgIpc) is 3.04. The lowest BCUT2D eigenvalue weighted by Crippen LogP contribution is -2.20. The highest BCUT2D eigenvalue weighted by atomic mass is 35.5. The van der Waals surface area contributed by atoms with Crippen molar-refractivity contribution >= 4 is 34.1 Å². The van der Waals surface area contributed by atoms with Crippen molar-refractivity contribution in [2.45, 2.75) is 13.1 Å². The van der Waals surface area contributed by atoms with Crippen molar-refractivity contribution in [1.29, 1.82) is 0 Å². The van der Waals surface area contributed by atoms with Crippen LogP contribution in [0.4, 0.5) is 18.9 Å². The molecule has 2 N–H and O–H groups in total. The topological polar surface area (TPSA) is 63.4 Å². The van der Waals surface area contributed by atoms with Gasteiger partial charge in [-0.3, -0.25) is 4.79 Å². The zero-order valence-electron chi connectivity index (χ0n) is 14.7. The van der Waals surface area contributed by atoms with Crippen LogP contribution >= 0.6 is 11.6 Å². The summed E-state index contributed by atoms with van der Waals surface area (Å²) in [4.78, 5) is 15.5. The third kappa shape index (κ3) is 4.89. The Morgan fingerprint density at radius 1 is 1.14 bits per heavy atom. The van der Waals surface area contributed by atoms with Crippen molar-refractivity contribution in [1.82, 2.24) is 4.98 Å². The highest BCUT2D eigenvalue weighted by Crippen LogP contribution is 2.30. The van der Waals surface area contributed by atoms with E-state index in [4.69, 9.17) is 21.1 Å². The number of rotatable bonds is 6. The standard InChI is InChI=1S/C19H16ClF3N2O3/c1-2-27-13-5-3-11-7-16(24-14(11)9-13)18(26)25-15-8-12(20)4-6-17(15)28-10-19(21,22)23/h3-9,24H,2,10H2,1H3,(H,25,26). The van der Waals surface area contributed by atoms with Crippen LogP contribution in [0.5, 0.6) is 11.5 Å². The van der Waals surface area contributed by atoms with Gasteiger partial charge in [-0.25, -0.2) is 0 Å². The van der Waals surface area contributed by atoms with Gasteiger partial charge in [-0.1, -0.05) is 11.6 Å². The fourth-order valence-corrected chi connectivity index (χ4v) is 2.73. The maximum atomic E-state index is 12.6. The second-order valence-corrected chi connectivity index (χ2v) is 6.30. The molecule has 148 valence electrons. The number of alkyl halides is 3. The second kappa shape index (κ2) is 8.02. The minimum atomic E-state index is -4.50. The fraction of sp³-hybridized carbons (Fsp3) is 0.211. The van der Waals surface area contributed by atoms with Gasteiger partial charge in [-0.2, -0.15) is 13.2 Å². The molecule has 0 aliphatic rings. The van der Waals surface area contributed by atoms with Crippen molar-refractivity contribution in [2.75, 3.05) is 18.5 Å². The lowest BCUT2D eigenvalue weighted by molar-refractivity contribution is -0.153. The Morgan fingerprint density at radius 2 is 1.93 bits per heavy atom. The number of aromatic nitrogens is 1. The van der Waals surface area contributed by atoms with Gasteiger partial charge in [0.2, 0.25) is 0 Å². The molecule has 0 saturated carbocycles. The number of H-pyrrole nitrogens is 1. The van der Waals surface area contributed by atoms with Crippen molar-refractivity contribution in [3.05, 3.63) is 53.2 Å². The van der Waals surface area contributed by atoms with E-state index in [-0.39, 0.29) is 22.2 Å². The highest BCUT2D eigenvalue weighted by molar-refractivity contribution is 6.31. The summed E-state index contributed by atoms with van der Waals surface area (Å²) in [5.41, 5.74) is 0.955. The first-order valence-electron chi connectivity index (χ1n) is 8.31. The van der Waals surface area contributed by atoms with E-state index in [1.54, 1.807) is 24.3 Å². The zero-order chi connectivity index (χ0) is 20.3. The molecule has 28 heavy (non-hydrogen) atoms. The number of nitrogens with one attached hydrogen (secondary N) is 2. The quantitative estimate of drug-likeness (QED) is 0.568. The Hall–Kier alpha value is -2.87. The van der Waals surface area contributed by atoms with Crippen LogP contribution in [0, 0.1) is 0 Å². The molecule has 2 aromatic carbocycles. The number of hydrogen-bond acceptors (Lipinski definition) is 3. The SMILES string of the molecule is CCOc1ccc2cc(C(=O)Nc3cc(Cl)ccc3OCC(F)(F)F)[nH]c2c1. The van der Waals surface area contributed by atoms with E-state index in [2.05, 4.69) is 10.3 Å². The first-order chi connectivity index (χ1) is 13.2. The maximum Gasteiger partial charge on any atom is 0.422 e. The molecule has 0 unspecified atom stereocenters. The van der Waals surface area contributed by atoms with Crippen molar-refractivity contribution in [3.63, 3.8) is 0 Å². The summed E-state index contributed by atoms with van der Waals surface area (Å²) >= 11 is 5.90. The summed E-state index contributed by atoms with van der Waals surface area (Å²) in [6.07, 6.45) is -4.50. The van der Waals surface area contributed by atoms with Crippen LogP contribution in [0.25, 0.3) is 10.9 Å². The van der Waals surface area contributed by atoms with Crippen molar-refractivity contribution < 1.29 is 27.4 Å². The summed E-state index contributed by atoms with van der Waals surface area (Å²) in [7, 11) is 0. The van der Waals surface area contributed by atoms with Crippen LogP contribution in [0.2, 0.25) is 5.02 Å². The normalized spacial score (nSPS) is 11.5. The number of anilines is 1. The van der Waals surface area contributed by atoms with Crippen LogP contribution < -0.4 is 14.8 Å². The molecule has 1 heterocycles. The number of carbonyl (C=O) groups is 1. The van der Waals surface area contributed by atoms with Gasteiger partial charge in [0.05, 0.1) is 12.3 Å². The van der Waals surface area contributed by atoms with Crippen molar-refractivity contribution in [2.24, 2.45) is 0 Å². The molecule has 9 heteroatoms. The van der Waals surface area contributed by atoms with E-state index in [9.17, 15) is 18.0 Å². The number of fused-ring (bicyclic) bond motifs is 1. The molecule has 0 aliphatic heterocycles.